The fourth-order valence-electron chi connectivity index (χ4n) is 2.16. The molecule has 8 nitrogen and oxygen atoms in total. The van der Waals surface area contributed by atoms with Crippen molar-refractivity contribution in [1.82, 2.24) is 9.62 Å². The zero-order valence-corrected chi connectivity index (χ0v) is 14.3. The number of carboxylic acid groups (broad SMARTS) is 1. The number of nitrogens with zero attached hydrogens (tertiary/aromatic N) is 1. The molecule has 0 aliphatic heterocycles. The van der Waals surface area contributed by atoms with Gasteiger partial charge in [0.1, 0.15) is 6.54 Å². The molecule has 0 spiro atoms. The zero-order valence-electron chi connectivity index (χ0n) is 13.5. The third kappa shape index (κ3) is 4.91. The molecule has 0 aliphatic rings. The molecule has 0 saturated heterocycles. The van der Waals surface area contributed by atoms with E-state index in [0.29, 0.717) is 6.42 Å². The smallest absolute Gasteiger partial charge is 0.323 e. The Hall–Kier alpha value is -2.65. The van der Waals surface area contributed by atoms with Gasteiger partial charge in [-0.15, -0.1) is 0 Å². The number of hydrogen-bond donors (Lipinski definition) is 2. The first-order valence-corrected chi connectivity index (χ1v) is 8.90. The van der Waals surface area contributed by atoms with Gasteiger partial charge >= 0.3 is 5.97 Å². The molecule has 1 aromatic carbocycles. The van der Waals surface area contributed by atoms with Gasteiger partial charge in [-0.05, 0) is 31.2 Å². The summed E-state index contributed by atoms with van der Waals surface area (Å²) in [6.07, 6.45) is 0.461. The molecule has 0 bridgehead atoms. The summed E-state index contributed by atoms with van der Waals surface area (Å²) in [4.78, 5) is 24.6. The molecular weight excluding hydrogens is 348 g/mol. The van der Waals surface area contributed by atoms with Gasteiger partial charge in [0.2, 0.25) is 5.09 Å². The lowest BCUT2D eigenvalue weighted by Gasteiger charge is -2.19. The van der Waals surface area contributed by atoms with Gasteiger partial charge in [-0.2, -0.15) is 0 Å². The minimum absolute atomic E-state index is 0.157. The molecule has 2 aromatic rings. The van der Waals surface area contributed by atoms with Gasteiger partial charge in [-0.25, -0.2) is 13.1 Å². The number of hydrogen-bond acceptors (Lipinski definition) is 5. The van der Waals surface area contributed by atoms with Crippen LogP contribution < -0.4 is 4.72 Å². The minimum atomic E-state index is -3.82. The number of rotatable bonds is 8. The van der Waals surface area contributed by atoms with Crippen LogP contribution in [0.1, 0.15) is 16.1 Å². The second-order valence-corrected chi connectivity index (χ2v) is 7.00. The van der Waals surface area contributed by atoms with Gasteiger partial charge in [0.25, 0.3) is 15.9 Å². The number of aliphatic carboxylic acids is 1. The van der Waals surface area contributed by atoms with E-state index in [1.54, 1.807) is 0 Å². The third-order valence-electron chi connectivity index (χ3n) is 3.45. The summed E-state index contributed by atoms with van der Waals surface area (Å²) in [5.74, 6) is -2.09. The summed E-state index contributed by atoms with van der Waals surface area (Å²) in [5.41, 5.74) is 0.948. The van der Waals surface area contributed by atoms with Gasteiger partial charge in [-0.1, -0.05) is 30.3 Å². The minimum Gasteiger partial charge on any atom is -0.480 e. The second-order valence-electron chi connectivity index (χ2n) is 5.18. The highest BCUT2D eigenvalue weighted by Gasteiger charge is 2.24. The van der Waals surface area contributed by atoms with E-state index in [1.165, 1.54) is 13.1 Å². The molecule has 0 radical (unpaired) electrons. The lowest BCUT2D eigenvalue weighted by molar-refractivity contribution is -0.137. The monoisotopic (exact) mass is 366 g/mol. The Morgan fingerprint density at radius 2 is 1.84 bits per heavy atom. The van der Waals surface area contributed by atoms with Crippen LogP contribution in [0, 0.1) is 0 Å². The molecule has 0 aliphatic carbocycles. The van der Waals surface area contributed by atoms with Crippen LogP contribution in [0.25, 0.3) is 0 Å². The van der Waals surface area contributed by atoms with E-state index in [0.717, 1.165) is 16.5 Å². The summed E-state index contributed by atoms with van der Waals surface area (Å²) < 4.78 is 30.5. The van der Waals surface area contributed by atoms with E-state index in [2.05, 4.69) is 4.72 Å². The molecule has 134 valence electrons. The zero-order chi connectivity index (χ0) is 18.4. The van der Waals surface area contributed by atoms with Crippen molar-refractivity contribution in [1.29, 1.82) is 0 Å². The van der Waals surface area contributed by atoms with E-state index in [9.17, 15) is 18.0 Å². The molecule has 1 aromatic heterocycles. The molecule has 25 heavy (non-hydrogen) atoms. The summed E-state index contributed by atoms with van der Waals surface area (Å²) in [6.45, 7) is -0.357. The van der Waals surface area contributed by atoms with Crippen LogP contribution >= 0.6 is 0 Å². The van der Waals surface area contributed by atoms with E-state index in [-0.39, 0.29) is 12.3 Å². The predicted octanol–water partition coefficient (Wildman–Crippen LogP) is 0.957. The molecule has 2 N–H and O–H groups in total. The van der Waals surface area contributed by atoms with Gasteiger partial charge < -0.3 is 14.4 Å². The van der Waals surface area contributed by atoms with Gasteiger partial charge in [0, 0.05) is 6.54 Å². The lowest BCUT2D eigenvalue weighted by Crippen LogP contribution is -2.37. The van der Waals surface area contributed by atoms with Gasteiger partial charge in [-0.3, -0.25) is 9.59 Å². The average Bonchev–Trinajstić information content (AvgIpc) is 3.09. The Bertz CT molecular complexity index is 845. The number of nitrogens with one attached hydrogen (secondary N) is 1. The van der Waals surface area contributed by atoms with Crippen LogP contribution in [-0.4, -0.2) is 50.4 Å². The topological polar surface area (TPSA) is 117 Å². The van der Waals surface area contributed by atoms with Crippen molar-refractivity contribution in [2.45, 2.75) is 11.5 Å². The Balaban J connectivity index is 2.16. The third-order valence-corrected chi connectivity index (χ3v) is 4.74. The van der Waals surface area contributed by atoms with Crippen LogP contribution in [0.15, 0.2) is 52.0 Å². The first-order chi connectivity index (χ1) is 11.8. The number of carboxylic acids is 1. The van der Waals surface area contributed by atoms with E-state index in [1.807, 2.05) is 30.3 Å². The van der Waals surface area contributed by atoms with Crippen LogP contribution in [0.2, 0.25) is 0 Å². The first kappa shape index (κ1) is 18.7. The highest BCUT2D eigenvalue weighted by atomic mass is 32.2. The number of furan rings is 1. The molecular formula is C16H18N2O6S. The Kier molecular flexibility index (Phi) is 5.94. The summed E-state index contributed by atoms with van der Waals surface area (Å²) in [5, 5.41) is 8.61. The molecule has 0 atom stereocenters. The maximum absolute atomic E-state index is 12.5. The first-order valence-electron chi connectivity index (χ1n) is 7.42. The van der Waals surface area contributed by atoms with Crippen molar-refractivity contribution in [3.8, 4) is 0 Å². The normalized spacial score (nSPS) is 11.2. The van der Waals surface area contributed by atoms with E-state index in [4.69, 9.17) is 9.52 Å². The van der Waals surface area contributed by atoms with Crippen molar-refractivity contribution in [3.05, 3.63) is 53.8 Å². The van der Waals surface area contributed by atoms with Crippen molar-refractivity contribution >= 4 is 21.9 Å². The number of carbonyl (C=O) groups excluding carboxylic acids is 1. The number of sulfonamides is 1. The van der Waals surface area contributed by atoms with Crippen molar-refractivity contribution in [2.75, 3.05) is 20.1 Å². The maximum Gasteiger partial charge on any atom is 0.323 e. The highest BCUT2D eigenvalue weighted by molar-refractivity contribution is 7.89. The van der Waals surface area contributed by atoms with E-state index >= 15 is 0 Å². The van der Waals surface area contributed by atoms with Crippen LogP contribution in [0.3, 0.4) is 0 Å². The Morgan fingerprint density at radius 1 is 1.16 bits per heavy atom. The van der Waals surface area contributed by atoms with Crippen LogP contribution in [-0.2, 0) is 21.2 Å². The highest BCUT2D eigenvalue weighted by Crippen LogP contribution is 2.16. The average molecular weight is 366 g/mol. The number of carbonyl (C=O) groups is 2. The molecule has 1 amide bonds. The van der Waals surface area contributed by atoms with Crippen LogP contribution in [0.5, 0.6) is 0 Å². The molecule has 2 rings (SSSR count). The SMILES string of the molecule is CNS(=O)(=O)c1ccc(C(=O)N(CCc2ccccc2)CC(=O)O)o1. The largest absolute Gasteiger partial charge is 0.480 e. The molecule has 9 heteroatoms. The fraction of sp³-hybridized carbons (Fsp3) is 0.250. The van der Waals surface area contributed by atoms with Crippen molar-refractivity contribution in [3.63, 3.8) is 0 Å². The maximum atomic E-state index is 12.5. The second kappa shape index (κ2) is 7.95. The Labute approximate surface area is 145 Å². The molecule has 0 saturated carbocycles. The summed E-state index contributed by atoms with van der Waals surface area (Å²) in [7, 11) is -2.60. The standard InChI is InChI=1S/C16H18N2O6S/c1-17-25(22,23)15-8-7-13(24-15)16(21)18(11-14(19)20)10-9-12-5-3-2-4-6-12/h2-8,17H,9-11H2,1H3,(H,19,20). The van der Waals surface area contributed by atoms with Crippen molar-refractivity contribution < 1.29 is 27.5 Å². The quantitative estimate of drug-likeness (QED) is 0.719. The molecule has 1 heterocycles. The van der Waals surface area contributed by atoms with Gasteiger partial charge in [0.15, 0.2) is 5.76 Å². The lowest BCUT2D eigenvalue weighted by atomic mass is 10.1. The summed E-state index contributed by atoms with van der Waals surface area (Å²) >= 11 is 0. The number of benzene rings is 1. The van der Waals surface area contributed by atoms with Gasteiger partial charge in [0.05, 0.1) is 0 Å². The van der Waals surface area contributed by atoms with E-state index < -0.39 is 33.5 Å². The predicted molar refractivity (Wildman–Crippen MR) is 88.6 cm³/mol. The summed E-state index contributed by atoms with van der Waals surface area (Å²) in [6, 6.07) is 11.7. The van der Waals surface area contributed by atoms with Crippen LogP contribution in [0.4, 0.5) is 0 Å². The van der Waals surface area contributed by atoms with Crippen molar-refractivity contribution in [2.24, 2.45) is 0 Å². The molecule has 0 fully saturated rings. The molecule has 0 unspecified atom stereocenters. The number of amides is 1. The fourth-order valence-corrected chi connectivity index (χ4v) is 2.81. The Morgan fingerprint density at radius 3 is 2.44 bits per heavy atom.